The first kappa shape index (κ1) is 40.6. The summed E-state index contributed by atoms with van der Waals surface area (Å²) in [6, 6.07) is 7.78. The zero-order valence-electron chi connectivity index (χ0n) is 27.5. The predicted molar refractivity (Wildman–Crippen MR) is 179 cm³/mol. The van der Waals surface area contributed by atoms with Crippen LogP contribution in [-0.2, 0) is 6.42 Å². The minimum atomic E-state index is 0.713. The molecule has 2 rings (SSSR count). The molecule has 0 aliphatic carbocycles. The van der Waals surface area contributed by atoms with Gasteiger partial charge in [0.1, 0.15) is 5.76 Å². The summed E-state index contributed by atoms with van der Waals surface area (Å²) in [6.07, 6.45) is 15.6. The van der Waals surface area contributed by atoms with Crippen LogP contribution >= 0.6 is 0 Å². The molecule has 0 aromatic carbocycles. The van der Waals surface area contributed by atoms with Gasteiger partial charge in [-0.25, -0.2) is 0 Å². The topological polar surface area (TPSA) is 38.4 Å². The lowest BCUT2D eigenvalue weighted by atomic mass is 9.90. The normalized spacial score (nSPS) is 9.36. The van der Waals surface area contributed by atoms with Crippen LogP contribution < -0.4 is 0 Å². The SMILES string of the molecule is C=C(C)c1ccco1.C=C(C=C(C)C)C(CCC)CCC.CC.CCc1cccnc1.CN=CC(C)=C(C)C. The summed E-state index contributed by atoms with van der Waals surface area (Å²) in [6.45, 7) is 30.9. The summed E-state index contributed by atoms with van der Waals surface area (Å²) >= 11 is 0. The van der Waals surface area contributed by atoms with E-state index in [1.807, 2.05) is 51.4 Å². The number of hydrogen-bond donors (Lipinski definition) is 0. The Bertz CT molecular complexity index is 918. The van der Waals surface area contributed by atoms with E-state index in [9.17, 15) is 0 Å². The highest BCUT2D eigenvalue weighted by atomic mass is 16.3. The van der Waals surface area contributed by atoms with Crippen molar-refractivity contribution in [3.63, 3.8) is 0 Å². The van der Waals surface area contributed by atoms with Crippen LogP contribution in [0.25, 0.3) is 5.57 Å². The van der Waals surface area contributed by atoms with Gasteiger partial charge in [0.2, 0.25) is 0 Å². The molecule has 0 N–H and O–H groups in total. The molecular weight excluding hydrogens is 476 g/mol. The second-order valence-electron chi connectivity index (χ2n) is 9.61. The highest BCUT2D eigenvalue weighted by Gasteiger charge is 2.08. The van der Waals surface area contributed by atoms with Gasteiger partial charge in [-0.1, -0.05) is 89.5 Å². The number of aromatic nitrogens is 1. The molecule has 3 nitrogen and oxygen atoms in total. The Morgan fingerprint density at radius 2 is 1.54 bits per heavy atom. The van der Waals surface area contributed by atoms with Crippen molar-refractivity contribution >= 4 is 11.8 Å². The molecule has 0 unspecified atom stereocenters. The summed E-state index contributed by atoms with van der Waals surface area (Å²) < 4.78 is 5.00. The van der Waals surface area contributed by atoms with E-state index in [1.165, 1.54) is 53.5 Å². The molecular formula is C36H60N2O. The first-order valence-electron chi connectivity index (χ1n) is 14.5. The molecule has 2 aromatic heterocycles. The van der Waals surface area contributed by atoms with Crippen molar-refractivity contribution in [1.29, 1.82) is 0 Å². The Balaban J connectivity index is -0.000000443. The minimum absolute atomic E-state index is 0.713. The Hall–Kier alpha value is -2.94. The van der Waals surface area contributed by atoms with Gasteiger partial charge in [-0.3, -0.25) is 9.98 Å². The smallest absolute Gasteiger partial charge is 0.128 e. The zero-order chi connectivity index (χ0) is 30.6. The summed E-state index contributed by atoms with van der Waals surface area (Å²) in [5.74, 6) is 1.58. The molecule has 0 amide bonds. The molecule has 0 aliphatic rings. The van der Waals surface area contributed by atoms with Gasteiger partial charge in [-0.05, 0) is 102 Å². The third-order valence-electron chi connectivity index (χ3n) is 5.46. The molecule has 0 fully saturated rings. The predicted octanol–water partition coefficient (Wildman–Crippen LogP) is 11.8. The van der Waals surface area contributed by atoms with Gasteiger partial charge in [0, 0.05) is 25.7 Å². The molecule has 0 bridgehead atoms. The van der Waals surface area contributed by atoms with E-state index in [1.54, 1.807) is 19.5 Å². The number of allylic oxidation sites excluding steroid dienone is 6. The minimum Gasteiger partial charge on any atom is -0.465 e. The molecule has 0 atom stereocenters. The highest BCUT2D eigenvalue weighted by molar-refractivity contribution is 5.78. The molecule has 2 heterocycles. The van der Waals surface area contributed by atoms with Crippen LogP contribution in [0.5, 0.6) is 0 Å². The Kier molecular flexibility index (Phi) is 29.2. The average molecular weight is 537 g/mol. The van der Waals surface area contributed by atoms with Crippen LogP contribution in [0.3, 0.4) is 0 Å². The number of hydrogen-bond acceptors (Lipinski definition) is 3. The van der Waals surface area contributed by atoms with Crippen LogP contribution in [0.15, 0.2) is 93.9 Å². The average Bonchev–Trinajstić information content (AvgIpc) is 3.47. The van der Waals surface area contributed by atoms with Crippen molar-refractivity contribution < 1.29 is 4.42 Å². The van der Waals surface area contributed by atoms with E-state index in [2.05, 4.69) is 90.7 Å². The van der Waals surface area contributed by atoms with Gasteiger partial charge in [-0.15, -0.1) is 0 Å². The number of pyridine rings is 1. The summed E-state index contributed by atoms with van der Waals surface area (Å²) in [5, 5.41) is 0. The molecule has 0 saturated heterocycles. The fourth-order valence-corrected chi connectivity index (χ4v) is 3.15. The molecule has 39 heavy (non-hydrogen) atoms. The van der Waals surface area contributed by atoms with E-state index in [0.29, 0.717) is 5.92 Å². The summed E-state index contributed by atoms with van der Waals surface area (Å²) in [4.78, 5) is 7.83. The quantitative estimate of drug-likeness (QED) is 0.236. The first-order valence-corrected chi connectivity index (χ1v) is 14.5. The molecule has 2 aromatic rings. The maximum Gasteiger partial charge on any atom is 0.128 e. The third kappa shape index (κ3) is 25.1. The van der Waals surface area contributed by atoms with Crippen molar-refractivity contribution in [2.45, 2.75) is 108 Å². The van der Waals surface area contributed by atoms with Crippen molar-refractivity contribution in [2.24, 2.45) is 10.9 Å². The third-order valence-corrected chi connectivity index (χ3v) is 5.46. The van der Waals surface area contributed by atoms with Crippen molar-refractivity contribution in [3.8, 4) is 0 Å². The van der Waals surface area contributed by atoms with E-state index in [0.717, 1.165) is 17.8 Å². The van der Waals surface area contributed by atoms with Crippen LogP contribution in [0.2, 0.25) is 0 Å². The monoisotopic (exact) mass is 536 g/mol. The zero-order valence-corrected chi connectivity index (χ0v) is 27.5. The molecule has 3 heteroatoms. The number of aryl methyl sites for hydroxylation is 1. The number of rotatable bonds is 9. The standard InChI is InChI=1S/C13H24.C7H9N.C7H13N.C7H8O.C2H6/c1-6-8-13(9-7-2)12(5)10-11(3)4;1-2-7-4-3-5-8-6-7;1-6(2)7(3)5-8-4;1-6(2)7-4-3-5-8-7;1-2/h10,13H,5-9H2,1-4H3;3-6H,2H2,1H3;5H,1-4H3;3-5H,1H2,2H3;1-2H3. The molecule has 0 spiro atoms. The molecule has 0 aliphatic heterocycles. The largest absolute Gasteiger partial charge is 0.465 e. The van der Waals surface area contributed by atoms with Crippen LogP contribution in [0.1, 0.15) is 113 Å². The fourth-order valence-electron chi connectivity index (χ4n) is 3.15. The number of furan rings is 1. The van der Waals surface area contributed by atoms with Gasteiger partial charge >= 0.3 is 0 Å². The lowest BCUT2D eigenvalue weighted by molar-refractivity contribution is 0.513. The van der Waals surface area contributed by atoms with Crippen LogP contribution in [0.4, 0.5) is 0 Å². The van der Waals surface area contributed by atoms with E-state index in [4.69, 9.17) is 4.42 Å². The van der Waals surface area contributed by atoms with Gasteiger partial charge < -0.3 is 4.42 Å². The maximum absolute atomic E-state index is 5.00. The van der Waals surface area contributed by atoms with Crippen LogP contribution in [0, 0.1) is 5.92 Å². The number of aliphatic imine (C=N–C) groups is 1. The van der Waals surface area contributed by atoms with E-state index < -0.39 is 0 Å². The second-order valence-corrected chi connectivity index (χ2v) is 9.61. The van der Waals surface area contributed by atoms with Gasteiger partial charge in [0.15, 0.2) is 0 Å². The van der Waals surface area contributed by atoms with Gasteiger partial charge in [-0.2, -0.15) is 0 Å². The van der Waals surface area contributed by atoms with Crippen molar-refractivity contribution in [1.82, 2.24) is 4.98 Å². The van der Waals surface area contributed by atoms with Crippen molar-refractivity contribution in [3.05, 3.63) is 95.8 Å². The van der Waals surface area contributed by atoms with Crippen molar-refractivity contribution in [2.75, 3.05) is 7.05 Å². The Morgan fingerprint density at radius 1 is 0.949 bits per heavy atom. The lowest BCUT2D eigenvalue weighted by Crippen LogP contribution is -2.01. The molecule has 220 valence electrons. The first-order chi connectivity index (χ1) is 18.5. The molecule has 0 radical (unpaired) electrons. The van der Waals surface area contributed by atoms with Gasteiger partial charge in [0.25, 0.3) is 0 Å². The summed E-state index contributed by atoms with van der Waals surface area (Å²) in [5.41, 5.74) is 7.54. The maximum atomic E-state index is 5.00. The van der Waals surface area contributed by atoms with E-state index >= 15 is 0 Å². The summed E-state index contributed by atoms with van der Waals surface area (Å²) in [7, 11) is 1.78. The Morgan fingerprint density at radius 3 is 1.79 bits per heavy atom. The second kappa shape index (κ2) is 28.1. The fraction of sp³-hybridized carbons (Fsp3) is 0.500. The van der Waals surface area contributed by atoms with Gasteiger partial charge in [0.05, 0.1) is 6.26 Å². The van der Waals surface area contributed by atoms with Crippen LogP contribution in [-0.4, -0.2) is 18.2 Å². The number of nitrogens with zero attached hydrogens (tertiary/aromatic N) is 2. The van der Waals surface area contributed by atoms with E-state index in [-0.39, 0.29) is 0 Å². The Labute approximate surface area is 243 Å². The highest BCUT2D eigenvalue weighted by Crippen LogP contribution is 2.23. The molecule has 0 saturated carbocycles. The lowest BCUT2D eigenvalue weighted by Gasteiger charge is -2.15.